The summed E-state index contributed by atoms with van der Waals surface area (Å²) in [6, 6.07) is 0. The van der Waals surface area contributed by atoms with Gasteiger partial charge in [-0.1, -0.05) is 17.7 Å². The van der Waals surface area contributed by atoms with Gasteiger partial charge in [0.05, 0.1) is 6.10 Å². The monoisotopic (exact) mass is 124 g/mol. The van der Waals surface area contributed by atoms with Gasteiger partial charge in [0.15, 0.2) is 0 Å². The van der Waals surface area contributed by atoms with Gasteiger partial charge in [-0.3, -0.25) is 0 Å². The van der Waals surface area contributed by atoms with Gasteiger partial charge in [0.1, 0.15) is 0 Å². The summed E-state index contributed by atoms with van der Waals surface area (Å²) in [7, 11) is 0. The molecule has 1 unspecified atom stereocenters. The summed E-state index contributed by atoms with van der Waals surface area (Å²) in [6.07, 6.45) is 4.65. The van der Waals surface area contributed by atoms with Crippen LogP contribution in [0, 0.1) is 0 Å². The summed E-state index contributed by atoms with van der Waals surface area (Å²) < 4.78 is 0. The lowest BCUT2D eigenvalue weighted by Crippen LogP contribution is -2.07. The Bertz CT molecular complexity index is 165. The van der Waals surface area contributed by atoms with E-state index in [9.17, 15) is 5.11 Å². The van der Waals surface area contributed by atoms with Gasteiger partial charge in [-0.2, -0.15) is 0 Å². The Morgan fingerprint density at radius 1 is 1.56 bits per heavy atom. The van der Waals surface area contributed by atoms with E-state index in [4.69, 9.17) is 0 Å². The fraction of sp³-hybridized carbons (Fsp3) is 0.500. The molecular weight excluding hydrogens is 112 g/mol. The number of rotatable bonds is 0. The Morgan fingerprint density at radius 2 is 2.22 bits per heavy atom. The molecule has 0 saturated carbocycles. The molecule has 9 heavy (non-hydrogen) atoms. The second kappa shape index (κ2) is 2.36. The van der Waals surface area contributed by atoms with Crippen LogP contribution in [0.5, 0.6) is 0 Å². The third kappa shape index (κ3) is 1.42. The lowest BCUT2D eigenvalue weighted by atomic mass is 9.99. The number of allylic oxidation sites excluding steroid dienone is 2. The van der Waals surface area contributed by atoms with E-state index in [1.807, 2.05) is 19.9 Å². The molecular formula is C8H12O. The maximum Gasteiger partial charge on any atom is 0.0931 e. The average Bonchev–Trinajstić information content (AvgIpc) is 1.80. The predicted molar refractivity (Wildman–Crippen MR) is 38.1 cm³/mol. The smallest absolute Gasteiger partial charge is 0.0931 e. The van der Waals surface area contributed by atoms with Gasteiger partial charge >= 0.3 is 0 Å². The summed E-state index contributed by atoms with van der Waals surface area (Å²) in [5, 5.41) is 9.20. The maximum atomic E-state index is 9.20. The van der Waals surface area contributed by atoms with E-state index in [-0.39, 0.29) is 6.10 Å². The Labute approximate surface area is 55.7 Å². The second-order valence-corrected chi connectivity index (χ2v) is 2.61. The molecule has 1 nitrogen and oxygen atoms in total. The van der Waals surface area contributed by atoms with Crippen LogP contribution in [-0.2, 0) is 0 Å². The quantitative estimate of drug-likeness (QED) is 0.487. The van der Waals surface area contributed by atoms with E-state index in [1.54, 1.807) is 0 Å². The minimum atomic E-state index is -0.321. The van der Waals surface area contributed by atoms with Crippen molar-refractivity contribution in [2.45, 2.75) is 26.4 Å². The molecule has 0 aromatic carbocycles. The maximum absolute atomic E-state index is 9.20. The van der Waals surface area contributed by atoms with Gasteiger partial charge in [-0.25, -0.2) is 0 Å². The first-order valence-corrected chi connectivity index (χ1v) is 3.22. The first-order chi connectivity index (χ1) is 4.20. The second-order valence-electron chi connectivity index (χ2n) is 2.61. The predicted octanol–water partition coefficient (Wildman–Crippen LogP) is 1.64. The molecule has 0 spiro atoms. The summed E-state index contributed by atoms with van der Waals surface area (Å²) in [6.45, 7) is 3.99. The topological polar surface area (TPSA) is 20.2 Å². The van der Waals surface area contributed by atoms with Crippen molar-refractivity contribution in [2.75, 3.05) is 0 Å². The third-order valence-corrected chi connectivity index (χ3v) is 1.65. The van der Waals surface area contributed by atoms with Crippen LogP contribution in [0.15, 0.2) is 23.3 Å². The summed E-state index contributed by atoms with van der Waals surface area (Å²) in [5.74, 6) is 0. The van der Waals surface area contributed by atoms with Crippen molar-refractivity contribution >= 4 is 0 Å². The number of hydrogen-bond acceptors (Lipinski definition) is 1. The van der Waals surface area contributed by atoms with Crippen LogP contribution in [0.2, 0.25) is 0 Å². The standard InChI is InChI=1S/C8H12O/c1-6-3-4-7(2)8(9)5-6/h4-5,8-9H,3H2,1-2H3. The molecule has 0 aliphatic heterocycles. The number of hydrogen-bond donors (Lipinski definition) is 1. The summed E-state index contributed by atoms with van der Waals surface area (Å²) in [4.78, 5) is 0. The van der Waals surface area contributed by atoms with Crippen molar-refractivity contribution in [3.8, 4) is 0 Å². The third-order valence-electron chi connectivity index (χ3n) is 1.65. The molecule has 0 fully saturated rings. The van der Waals surface area contributed by atoms with E-state index in [1.165, 1.54) is 5.57 Å². The molecule has 1 rings (SSSR count). The van der Waals surface area contributed by atoms with E-state index >= 15 is 0 Å². The Hall–Kier alpha value is -0.560. The molecule has 50 valence electrons. The molecule has 1 aliphatic carbocycles. The van der Waals surface area contributed by atoms with E-state index in [0.717, 1.165) is 12.0 Å². The van der Waals surface area contributed by atoms with Crippen molar-refractivity contribution < 1.29 is 5.11 Å². The van der Waals surface area contributed by atoms with Crippen molar-refractivity contribution in [1.29, 1.82) is 0 Å². The lowest BCUT2D eigenvalue weighted by Gasteiger charge is -2.12. The van der Waals surface area contributed by atoms with E-state index < -0.39 is 0 Å². The largest absolute Gasteiger partial charge is 0.385 e. The van der Waals surface area contributed by atoms with Gasteiger partial charge in [0.2, 0.25) is 0 Å². The van der Waals surface area contributed by atoms with Crippen molar-refractivity contribution in [3.63, 3.8) is 0 Å². The fourth-order valence-corrected chi connectivity index (χ4v) is 0.912. The molecule has 1 aliphatic rings. The Kier molecular flexibility index (Phi) is 1.72. The molecule has 0 heterocycles. The zero-order valence-corrected chi connectivity index (χ0v) is 5.89. The van der Waals surface area contributed by atoms with Crippen LogP contribution in [0.25, 0.3) is 0 Å². The fourth-order valence-electron chi connectivity index (χ4n) is 0.912. The van der Waals surface area contributed by atoms with Crippen LogP contribution < -0.4 is 0 Å². The van der Waals surface area contributed by atoms with Crippen LogP contribution in [0.4, 0.5) is 0 Å². The van der Waals surface area contributed by atoms with Crippen LogP contribution in [0.1, 0.15) is 20.3 Å². The highest BCUT2D eigenvalue weighted by atomic mass is 16.3. The Balaban J connectivity index is 2.70. The molecule has 0 saturated heterocycles. The normalized spacial score (nSPS) is 27.2. The van der Waals surface area contributed by atoms with Crippen LogP contribution in [0.3, 0.4) is 0 Å². The van der Waals surface area contributed by atoms with Crippen LogP contribution >= 0.6 is 0 Å². The van der Waals surface area contributed by atoms with E-state index in [2.05, 4.69) is 6.08 Å². The molecule has 0 aromatic heterocycles. The first kappa shape index (κ1) is 6.56. The molecule has 0 bridgehead atoms. The first-order valence-electron chi connectivity index (χ1n) is 3.22. The van der Waals surface area contributed by atoms with Crippen LogP contribution in [-0.4, -0.2) is 11.2 Å². The highest BCUT2D eigenvalue weighted by Gasteiger charge is 2.06. The van der Waals surface area contributed by atoms with E-state index in [0.29, 0.717) is 0 Å². The summed E-state index contributed by atoms with van der Waals surface area (Å²) >= 11 is 0. The van der Waals surface area contributed by atoms with Gasteiger partial charge in [-0.05, 0) is 25.8 Å². The summed E-state index contributed by atoms with van der Waals surface area (Å²) in [5.41, 5.74) is 2.33. The highest BCUT2D eigenvalue weighted by molar-refractivity contribution is 5.23. The molecule has 1 N–H and O–H groups in total. The van der Waals surface area contributed by atoms with Crippen molar-refractivity contribution in [1.82, 2.24) is 0 Å². The van der Waals surface area contributed by atoms with Gasteiger partial charge < -0.3 is 5.11 Å². The molecule has 0 radical (unpaired) electrons. The number of aliphatic hydroxyl groups is 1. The van der Waals surface area contributed by atoms with Crippen molar-refractivity contribution in [2.24, 2.45) is 0 Å². The molecule has 0 aromatic rings. The SMILES string of the molecule is CC1=CC(O)C(C)=CC1. The lowest BCUT2D eigenvalue weighted by molar-refractivity contribution is 0.256. The van der Waals surface area contributed by atoms with Gasteiger partial charge in [-0.15, -0.1) is 0 Å². The highest BCUT2D eigenvalue weighted by Crippen LogP contribution is 2.15. The minimum Gasteiger partial charge on any atom is -0.385 e. The van der Waals surface area contributed by atoms with Gasteiger partial charge in [0.25, 0.3) is 0 Å². The molecule has 1 heteroatoms. The Morgan fingerprint density at radius 3 is 2.67 bits per heavy atom. The molecule has 0 amide bonds. The average molecular weight is 124 g/mol. The number of aliphatic hydroxyl groups excluding tert-OH is 1. The zero-order valence-electron chi connectivity index (χ0n) is 5.89. The van der Waals surface area contributed by atoms with Gasteiger partial charge in [0, 0.05) is 0 Å². The molecule has 1 atom stereocenters. The zero-order chi connectivity index (χ0) is 6.85. The van der Waals surface area contributed by atoms with Crippen molar-refractivity contribution in [3.05, 3.63) is 23.3 Å². The minimum absolute atomic E-state index is 0.321.